The zero-order chi connectivity index (χ0) is 13.7. The van der Waals surface area contributed by atoms with Crippen LogP contribution in [0.1, 0.15) is 16.7 Å². The summed E-state index contributed by atoms with van der Waals surface area (Å²) in [7, 11) is 0. The van der Waals surface area contributed by atoms with E-state index in [1.165, 1.54) is 0 Å². The highest BCUT2D eigenvalue weighted by Crippen LogP contribution is 2.24. The van der Waals surface area contributed by atoms with Crippen LogP contribution in [0.5, 0.6) is 0 Å². The molecule has 1 aromatic carbocycles. The van der Waals surface area contributed by atoms with Gasteiger partial charge in [-0.25, -0.2) is 9.78 Å². The quantitative estimate of drug-likeness (QED) is 0.588. The Morgan fingerprint density at radius 3 is 2.47 bits per heavy atom. The average Bonchev–Trinajstić information content (AvgIpc) is 2.35. The zero-order valence-electron chi connectivity index (χ0n) is 10.8. The second-order valence-electron chi connectivity index (χ2n) is 4.64. The van der Waals surface area contributed by atoms with Crippen LogP contribution in [0.3, 0.4) is 0 Å². The number of benzene rings is 1. The number of hydrogen-bond acceptors (Lipinski definition) is 4. The number of aromatic amines is 2. The standard InChI is InChI=1S/C13H12N4O2/c1-5-4-8-9(7(3)6(5)2)15-11-10(14-8)12(18)17-13(19)16-11/h4H,1-3H3,(H2,15,16,17,18,19). The molecule has 6 nitrogen and oxygen atoms in total. The van der Waals surface area contributed by atoms with Crippen LogP contribution in [0, 0.1) is 20.8 Å². The van der Waals surface area contributed by atoms with Gasteiger partial charge in [-0.2, -0.15) is 4.98 Å². The van der Waals surface area contributed by atoms with Gasteiger partial charge in [0.05, 0.1) is 11.0 Å². The molecule has 0 saturated carbocycles. The fourth-order valence-electron chi connectivity index (χ4n) is 2.18. The molecule has 0 aliphatic carbocycles. The van der Waals surface area contributed by atoms with Gasteiger partial charge in [0.15, 0.2) is 11.5 Å². The van der Waals surface area contributed by atoms with Gasteiger partial charge in [0.1, 0.15) is 0 Å². The maximum atomic E-state index is 11.7. The summed E-state index contributed by atoms with van der Waals surface area (Å²) < 4.78 is 0. The van der Waals surface area contributed by atoms with Crippen LogP contribution in [0.15, 0.2) is 15.7 Å². The first-order valence-electron chi connectivity index (χ1n) is 5.88. The number of aromatic nitrogens is 4. The molecule has 3 rings (SSSR count). The largest absolute Gasteiger partial charge is 0.349 e. The van der Waals surface area contributed by atoms with Crippen molar-refractivity contribution < 1.29 is 0 Å². The summed E-state index contributed by atoms with van der Waals surface area (Å²) in [6.45, 7) is 5.99. The Hall–Kier alpha value is -2.50. The number of nitrogens with one attached hydrogen (secondary N) is 2. The summed E-state index contributed by atoms with van der Waals surface area (Å²) in [5, 5.41) is 0. The van der Waals surface area contributed by atoms with E-state index in [-0.39, 0.29) is 11.5 Å². The number of fused-ring (bicyclic) bond motifs is 2. The van der Waals surface area contributed by atoms with E-state index in [2.05, 4.69) is 19.9 Å². The van der Waals surface area contributed by atoms with Crippen LogP contribution in [0.4, 0.5) is 0 Å². The first kappa shape index (κ1) is 11.6. The van der Waals surface area contributed by atoms with E-state index in [0.717, 1.165) is 22.2 Å². The summed E-state index contributed by atoms with van der Waals surface area (Å²) in [6, 6.07) is 1.91. The van der Waals surface area contributed by atoms with E-state index in [1.807, 2.05) is 26.8 Å². The van der Waals surface area contributed by atoms with E-state index < -0.39 is 11.2 Å². The van der Waals surface area contributed by atoms with Crippen LogP contribution in [0.25, 0.3) is 22.6 Å². The van der Waals surface area contributed by atoms with Crippen molar-refractivity contribution in [2.45, 2.75) is 20.8 Å². The molecule has 2 aliphatic heterocycles. The molecule has 2 N–H and O–H groups in total. The van der Waals surface area contributed by atoms with Crippen molar-refractivity contribution in [1.82, 2.24) is 19.9 Å². The van der Waals surface area contributed by atoms with Crippen molar-refractivity contribution in [3.05, 3.63) is 43.6 Å². The fourth-order valence-corrected chi connectivity index (χ4v) is 2.18. The van der Waals surface area contributed by atoms with Crippen molar-refractivity contribution in [2.24, 2.45) is 0 Å². The maximum absolute atomic E-state index is 11.7. The third kappa shape index (κ3) is 1.64. The summed E-state index contributed by atoms with van der Waals surface area (Å²) >= 11 is 0. The van der Waals surface area contributed by atoms with Crippen molar-refractivity contribution in [1.29, 1.82) is 0 Å². The van der Waals surface area contributed by atoms with Gasteiger partial charge < -0.3 is 4.98 Å². The average molecular weight is 256 g/mol. The molecule has 0 bridgehead atoms. The molecule has 2 heterocycles. The van der Waals surface area contributed by atoms with E-state index in [1.54, 1.807) is 0 Å². The van der Waals surface area contributed by atoms with Crippen LogP contribution < -0.4 is 11.2 Å². The minimum atomic E-state index is -0.670. The highest BCUT2D eigenvalue weighted by Gasteiger charge is 2.15. The molecule has 96 valence electrons. The van der Waals surface area contributed by atoms with Gasteiger partial charge in [-0.15, -0.1) is 0 Å². The highest BCUT2D eigenvalue weighted by molar-refractivity contribution is 5.83. The summed E-state index contributed by atoms with van der Waals surface area (Å²) in [6.07, 6.45) is 0. The third-order valence-electron chi connectivity index (χ3n) is 3.49. The molecule has 6 heteroatoms. The number of nitrogens with zero attached hydrogens (tertiary/aromatic N) is 2. The van der Waals surface area contributed by atoms with Gasteiger partial charge in [0.2, 0.25) is 0 Å². The van der Waals surface area contributed by atoms with E-state index in [9.17, 15) is 9.59 Å². The number of H-pyrrole nitrogens is 2. The normalized spacial score (nSPS) is 11.3. The molecular formula is C13H12N4O2. The van der Waals surface area contributed by atoms with Crippen molar-refractivity contribution in [3.8, 4) is 11.5 Å². The predicted molar refractivity (Wildman–Crippen MR) is 71.6 cm³/mol. The Balaban J connectivity index is 2.57. The summed E-state index contributed by atoms with van der Waals surface area (Å²) in [5.41, 5.74) is 3.74. The molecule has 0 radical (unpaired) electrons. The van der Waals surface area contributed by atoms with Gasteiger partial charge in [-0.3, -0.25) is 9.78 Å². The monoisotopic (exact) mass is 256 g/mol. The van der Waals surface area contributed by atoms with Crippen LogP contribution >= 0.6 is 0 Å². The maximum Gasteiger partial charge on any atom is 0.349 e. The smallest absolute Gasteiger partial charge is 0.336 e. The van der Waals surface area contributed by atoms with Crippen LogP contribution in [-0.4, -0.2) is 19.9 Å². The van der Waals surface area contributed by atoms with Crippen molar-refractivity contribution >= 4 is 11.0 Å². The second kappa shape index (κ2) is 3.74. The molecule has 0 atom stereocenters. The lowest BCUT2D eigenvalue weighted by molar-refractivity contribution is 0.988. The molecular weight excluding hydrogens is 244 g/mol. The van der Waals surface area contributed by atoms with Gasteiger partial charge in [-0.05, 0) is 43.5 Å². The molecule has 0 saturated heterocycles. The topological polar surface area (TPSA) is 91.5 Å². The molecule has 0 amide bonds. The molecule has 0 aromatic heterocycles. The van der Waals surface area contributed by atoms with Gasteiger partial charge in [0, 0.05) is 0 Å². The number of aryl methyl sites for hydroxylation is 2. The lowest BCUT2D eigenvalue weighted by Crippen LogP contribution is -2.26. The first-order chi connectivity index (χ1) is 8.97. The zero-order valence-corrected chi connectivity index (χ0v) is 10.8. The van der Waals surface area contributed by atoms with Crippen molar-refractivity contribution in [3.63, 3.8) is 0 Å². The number of rotatable bonds is 0. The van der Waals surface area contributed by atoms with E-state index in [4.69, 9.17) is 0 Å². The molecule has 0 spiro atoms. The van der Waals surface area contributed by atoms with Gasteiger partial charge >= 0.3 is 5.69 Å². The Kier molecular flexibility index (Phi) is 2.28. The Bertz CT molecular complexity index is 892. The SMILES string of the molecule is Cc1cc2nc3c(=O)[nH]c(=O)nc-3[nH]c2c(C)c1C. The minimum absolute atomic E-state index is 0.148. The van der Waals surface area contributed by atoms with E-state index >= 15 is 0 Å². The molecule has 2 aliphatic rings. The van der Waals surface area contributed by atoms with Crippen LogP contribution in [0.2, 0.25) is 0 Å². The summed E-state index contributed by atoms with van der Waals surface area (Å²) in [5.74, 6) is 0.215. The second-order valence-corrected chi connectivity index (χ2v) is 4.64. The van der Waals surface area contributed by atoms with Gasteiger partial charge in [-0.1, -0.05) is 0 Å². The molecule has 1 aromatic rings. The highest BCUT2D eigenvalue weighted by atomic mass is 16.2. The van der Waals surface area contributed by atoms with Crippen molar-refractivity contribution in [2.75, 3.05) is 0 Å². The fraction of sp³-hybridized carbons (Fsp3) is 0.231. The molecule has 0 fully saturated rings. The van der Waals surface area contributed by atoms with Gasteiger partial charge in [0.25, 0.3) is 5.56 Å². The van der Waals surface area contributed by atoms with Crippen LogP contribution in [-0.2, 0) is 0 Å². The minimum Gasteiger partial charge on any atom is -0.336 e. The Labute approximate surface area is 107 Å². The summed E-state index contributed by atoms with van der Waals surface area (Å²) in [4.78, 5) is 36.1. The molecule has 19 heavy (non-hydrogen) atoms. The predicted octanol–water partition coefficient (Wildman–Crippen LogP) is 1.04. The molecule has 0 unspecified atom stereocenters. The first-order valence-corrected chi connectivity index (χ1v) is 5.88. The Morgan fingerprint density at radius 1 is 1.00 bits per heavy atom. The Morgan fingerprint density at radius 2 is 1.74 bits per heavy atom. The number of hydrogen-bond donors (Lipinski definition) is 2. The lowest BCUT2D eigenvalue weighted by Gasteiger charge is -2.11. The third-order valence-corrected chi connectivity index (χ3v) is 3.49. The van der Waals surface area contributed by atoms with E-state index in [0.29, 0.717) is 5.52 Å². The lowest BCUT2D eigenvalue weighted by atomic mass is 10.0.